The number of nitrogens with zero attached hydrogens (tertiary/aromatic N) is 1. The van der Waals surface area contributed by atoms with Gasteiger partial charge < -0.3 is 9.72 Å². The summed E-state index contributed by atoms with van der Waals surface area (Å²) in [6.07, 6.45) is -3.13. The van der Waals surface area contributed by atoms with Crippen molar-refractivity contribution in [2.45, 2.75) is 19.8 Å². The van der Waals surface area contributed by atoms with E-state index in [1.807, 2.05) is 0 Å². The molecular formula is C10H10F2N2O5. The number of carbonyl (C=O) groups is 1. The average Bonchev–Trinajstić information content (AvgIpc) is 2.28. The molecule has 1 heterocycles. The Hall–Kier alpha value is -2.32. The summed E-state index contributed by atoms with van der Waals surface area (Å²) in [6.45, 7) is 1.59. The van der Waals surface area contributed by atoms with Gasteiger partial charge in [0.2, 0.25) is 0 Å². The van der Waals surface area contributed by atoms with Crippen LogP contribution in [-0.4, -0.2) is 22.5 Å². The Morgan fingerprint density at radius 2 is 2.21 bits per heavy atom. The lowest BCUT2D eigenvalue weighted by molar-refractivity contribution is -0.386. The Labute approximate surface area is 105 Å². The second-order valence-corrected chi connectivity index (χ2v) is 3.43. The summed E-state index contributed by atoms with van der Waals surface area (Å²) in [5.41, 5.74) is -3.87. The Kier molecular flexibility index (Phi) is 4.67. The molecule has 0 radical (unpaired) electrons. The Bertz CT molecular complexity index is 555. The van der Waals surface area contributed by atoms with Crippen LogP contribution in [0.25, 0.3) is 0 Å². The summed E-state index contributed by atoms with van der Waals surface area (Å²) in [4.78, 5) is 34.3. The molecule has 0 aromatic carbocycles. The van der Waals surface area contributed by atoms with Gasteiger partial charge >= 0.3 is 11.7 Å². The zero-order valence-electron chi connectivity index (χ0n) is 9.81. The summed E-state index contributed by atoms with van der Waals surface area (Å²) in [6, 6.07) is 0. The van der Waals surface area contributed by atoms with E-state index in [9.17, 15) is 28.5 Å². The first kappa shape index (κ1) is 14.7. The van der Waals surface area contributed by atoms with Crippen molar-refractivity contribution in [2.24, 2.45) is 0 Å². The van der Waals surface area contributed by atoms with E-state index in [-0.39, 0.29) is 12.3 Å². The van der Waals surface area contributed by atoms with E-state index in [0.29, 0.717) is 6.20 Å². The number of ether oxygens (including phenoxy) is 1. The number of aromatic nitrogens is 1. The van der Waals surface area contributed by atoms with E-state index in [1.54, 1.807) is 0 Å². The minimum Gasteiger partial charge on any atom is -0.466 e. The number of alkyl halides is 2. The van der Waals surface area contributed by atoms with Crippen LogP contribution in [0.1, 0.15) is 24.6 Å². The van der Waals surface area contributed by atoms with E-state index in [0.717, 1.165) is 0 Å². The number of nitro groups is 1. The van der Waals surface area contributed by atoms with E-state index in [4.69, 9.17) is 0 Å². The molecule has 9 heteroatoms. The summed E-state index contributed by atoms with van der Waals surface area (Å²) in [7, 11) is 0. The molecule has 0 saturated heterocycles. The predicted octanol–water partition coefficient (Wildman–Crippen LogP) is 1.33. The first-order chi connectivity index (χ1) is 8.88. The molecule has 7 nitrogen and oxygen atoms in total. The molecule has 0 bridgehead atoms. The van der Waals surface area contributed by atoms with Crippen LogP contribution in [0, 0.1) is 10.1 Å². The molecular weight excluding hydrogens is 266 g/mol. The molecule has 104 valence electrons. The largest absolute Gasteiger partial charge is 0.466 e. The highest BCUT2D eigenvalue weighted by Gasteiger charge is 2.26. The minimum atomic E-state index is -3.23. The number of halogens is 2. The molecule has 0 amide bonds. The lowest BCUT2D eigenvalue weighted by Gasteiger charge is -2.07. The van der Waals surface area contributed by atoms with Crippen LogP contribution in [0.5, 0.6) is 0 Å². The van der Waals surface area contributed by atoms with E-state index < -0.39 is 40.4 Å². The maximum absolute atomic E-state index is 12.8. The normalized spacial score (nSPS) is 10.5. The number of nitrogens with one attached hydrogen (secondary N) is 1. The van der Waals surface area contributed by atoms with Crippen molar-refractivity contribution in [1.82, 2.24) is 4.98 Å². The fourth-order valence-corrected chi connectivity index (χ4v) is 1.44. The molecule has 0 spiro atoms. The van der Waals surface area contributed by atoms with Gasteiger partial charge in [-0.05, 0) is 6.92 Å². The number of carbonyl (C=O) groups excluding carboxylic acids is 1. The Morgan fingerprint density at radius 3 is 2.68 bits per heavy atom. The van der Waals surface area contributed by atoms with Crippen molar-refractivity contribution in [3.63, 3.8) is 0 Å². The number of rotatable bonds is 5. The van der Waals surface area contributed by atoms with Gasteiger partial charge in [-0.1, -0.05) is 0 Å². The molecule has 0 atom stereocenters. The third-order valence-electron chi connectivity index (χ3n) is 2.23. The molecule has 0 fully saturated rings. The maximum atomic E-state index is 12.8. The van der Waals surface area contributed by atoms with E-state index in [2.05, 4.69) is 9.72 Å². The number of hydrogen-bond donors (Lipinski definition) is 1. The molecule has 0 aliphatic heterocycles. The third kappa shape index (κ3) is 3.33. The summed E-state index contributed by atoms with van der Waals surface area (Å²) < 4.78 is 30.1. The van der Waals surface area contributed by atoms with Gasteiger partial charge in [0, 0.05) is 5.69 Å². The zero-order valence-corrected chi connectivity index (χ0v) is 9.81. The predicted molar refractivity (Wildman–Crippen MR) is 59.0 cm³/mol. The van der Waals surface area contributed by atoms with Crippen molar-refractivity contribution >= 4 is 11.7 Å². The van der Waals surface area contributed by atoms with Crippen molar-refractivity contribution in [1.29, 1.82) is 0 Å². The summed E-state index contributed by atoms with van der Waals surface area (Å²) in [5.74, 6) is -0.811. The highest BCUT2D eigenvalue weighted by atomic mass is 19.3. The first-order valence-electron chi connectivity index (χ1n) is 5.21. The molecule has 0 aliphatic rings. The molecule has 19 heavy (non-hydrogen) atoms. The lowest BCUT2D eigenvalue weighted by Crippen LogP contribution is -2.20. The average molecular weight is 276 g/mol. The molecule has 1 aromatic heterocycles. The molecule has 1 N–H and O–H groups in total. The van der Waals surface area contributed by atoms with Crippen molar-refractivity contribution in [3.8, 4) is 0 Å². The van der Waals surface area contributed by atoms with Gasteiger partial charge in [0.25, 0.3) is 11.9 Å². The first-order valence-corrected chi connectivity index (χ1v) is 5.21. The smallest absolute Gasteiger partial charge is 0.332 e. The van der Waals surface area contributed by atoms with Crippen LogP contribution >= 0.6 is 0 Å². The van der Waals surface area contributed by atoms with Crippen molar-refractivity contribution in [2.75, 3.05) is 6.61 Å². The fraction of sp³-hybridized carbons (Fsp3) is 0.400. The molecule has 1 rings (SSSR count). The van der Waals surface area contributed by atoms with Gasteiger partial charge in [0.05, 0.1) is 29.7 Å². The lowest BCUT2D eigenvalue weighted by atomic mass is 10.1. The number of hydrogen-bond acceptors (Lipinski definition) is 5. The van der Waals surface area contributed by atoms with E-state index in [1.165, 1.54) is 6.92 Å². The minimum absolute atomic E-state index is 0.0556. The second kappa shape index (κ2) is 6.03. The summed E-state index contributed by atoms with van der Waals surface area (Å²) in [5, 5.41) is 10.5. The van der Waals surface area contributed by atoms with Crippen LogP contribution in [0.4, 0.5) is 14.5 Å². The molecule has 0 aliphatic carbocycles. The molecule has 1 aromatic rings. The van der Waals surface area contributed by atoms with E-state index >= 15 is 0 Å². The highest BCUT2D eigenvalue weighted by molar-refractivity contribution is 5.72. The number of aromatic amines is 1. The van der Waals surface area contributed by atoms with Crippen LogP contribution in [0.2, 0.25) is 0 Å². The van der Waals surface area contributed by atoms with Crippen molar-refractivity contribution in [3.05, 3.63) is 37.8 Å². The fourth-order valence-electron chi connectivity index (χ4n) is 1.44. The second-order valence-electron chi connectivity index (χ2n) is 3.43. The van der Waals surface area contributed by atoms with Crippen LogP contribution in [0.3, 0.4) is 0 Å². The Morgan fingerprint density at radius 1 is 1.58 bits per heavy atom. The summed E-state index contributed by atoms with van der Waals surface area (Å²) >= 11 is 0. The number of H-pyrrole nitrogens is 1. The number of esters is 1. The Balaban J connectivity index is 3.26. The van der Waals surface area contributed by atoms with Gasteiger partial charge in [0.15, 0.2) is 0 Å². The zero-order chi connectivity index (χ0) is 14.6. The SMILES string of the molecule is CCOC(=O)Cc1[nH]cc([N+](=O)[O-])c(=O)c1C(F)F. The van der Waals surface area contributed by atoms with Gasteiger partial charge in [-0.15, -0.1) is 0 Å². The maximum Gasteiger partial charge on any atom is 0.332 e. The third-order valence-corrected chi connectivity index (χ3v) is 2.23. The van der Waals surface area contributed by atoms with Crippen LogP contribution < -0.4 is 5.43 Å². The van der Waals surface area contributed by atoms with Crippen LogP contribution in [-0.2, 0) is 16.0 Å². The quantitative estimate of drug-likeness (QED) is 0.496. The topological polar surface area (TPSA) is 102 Å². The standard InChI is InChI=1S/C10H10F2N2O5/c1-2-19-7(15)3-5-8(10(11)12)9(16)6(4-13-5)14(17)18/h4,10H,2-3H2,1H3,(H,13,16). The van der Waals surface area contributed by atoms with Gasteiger partial charge in [-0.2, -0.15) is 0 Å². The van der Waals surface area contributed by atoms with Gasteiger partial charge in [0.1, 0.15) is 0 Å². The van der Waals surface area contributed by atoms with Crippen molar-refractivity contribution < 1.29 is 23.2 Å². The molecule has 0 unspecified atom stereocenters. The number of pyridine rings is 1. The van der Waals surface area contributed by atoms with Crippen LogP contribution in [0.15, 0.2) is 11.0 Å². The van der Waals surface area contributed by atoms with Gasteiger partial charge in [-0.25, -0.2) is 8.78 Å². The van der Waals surface area contributed by atoms with Gasteiger partial charge in [-0.3, -0.25) is 19.7 Å². The monoisotopic (exact) mass is 276 g/mol. The molecule has 0 saturated carbocycles. The highest BCUT2D eigenvalue weighted by Crippen LogP contribution is 2.21.